The van der Waals surface area contributed by atoms with Crippen LogP contribution in [-0.2, 0) is 25.6 Å². The number of carboxylic acids is 1. The predicted molar refractivity (Wildman–Crippen MR) is 111 cm³/mol. The molecule has 0 aliphatic rings. The monoisotopic (exact) mass is 458 g/mol. The second-order valence-electron chi connectivity index (χ2n) is 6.55. The molecule has 0 aromatic heterocycles. The van der Waals surface area contributed by atoms with Crippen LogP contribution in [0.1, 0.15) is 5.56 Å². The SMILES string of the molecule is N[C@@H](CO)C(=O)N[C@@H](CO)C(=O)N[C@@H](Cc1ccc(O)cc1)C(=O)N[C@@H](CS)C(=O)O. The molecule has 0 saturated heterocycles. The first kappa shape index (κ1) is 26.2. The second-order valence-corrected chi connectivity index (χ2v) is 6.91. The standard InChI is InChI=1S/C18H26N4O8S/c19-11(6-23)15(26)21-13(7-24)17(28)20-12(5-9-1-3-10(25)4-2-9)16(27)22-14(8-31)18(29)30/h1-4,11-14,23-25,31H,5-8,19H2,(H,20,28)(H,21,26)(H,22,27)(H,29,30)/t11-,12-,13-,14-/m0/s1. The number of aromatic hydroxyl groups is 1. The largest absolute Gasteiger partial charge is 0.508 e. The first-order valence-electron chi connectivity index (χ1n) is 9.12. The van der Waals surface area contributed by atoms with Crippen LogP contribution < -0.4 is 21.7 Å². The number of amides is 3. The Labute approximate surface area is 183 Å². The highest BCUT2D eigenvalue weighted by Crippen LogP contribution is 2.12. The van der Waals surface area contributed by atoms with Gasteiger partial charge in [0.1, 0.15) is 29.9 Å². The van der Waals surface area contributed by atoms with Crippen molar-refractivity contribution >= 4 is 36.3 Å². The van der Waals surface area contributed by atoms with E-state index in [1.165, 1.54) is 24.3 Å². The summed E-state index contributed by atoms with van der Waals surface area (Å²) in [6, 6.07) is 0.355. The minimum atomic E-state index is -1.47. The van der Waals surface area contributed by atoms with E-state index in [-0.39, 0.29) is 17.9 Å². The number of aliphatic hydroxyl groups is 2. The van der Waals surface area contributed by atoms with Crippen molar-refractivity contribution in [2.75, 3.05) is 19.0 Å². The van der Waals surface area contributed by atoms with E-state index in [1.54, 1.807) is 0 Å². The van der Waals surface area contributed by atoms with Gasteiger partial charge in [0.15, 0.2) is 0 Å². The van der Waals surface area contributed by atoms with Crippen LogP contribution in [0.3, 0.4) is 0 Å². The summed E-state index contributed by atoms with van der Waals surface area (Å²) in [5.41, 5.74) is 5.89. The van der Waals surface area contributed by atoms with Gasteiger partial charge < -0.3 is 42.1 Å². The van der Waals surface area contributed by atoms with Crippen molar-refractivity contribution in [3.05, 3.63) is 29.8 Å². The molecule has 4 atom stereocenters. The first-order chi connectivity index (χ1) is 14.6. The molecule has 0 aliphatic carbocycles. The highest BCUT2D eigenvalue weighted by molar-refractivity contribution is 7.80. The maximum absolute atomic E-state index is 12.6. The number of carbonyl (C=O) groups excluding carboxylic acids is 3. The first-order valence-corrected chi connectivity index (χ1v) is 9.76. The van der Waals surface area contributed by atoms with Crippen LogP contribution in [0, 0.1) is 0 Å². The Morgan fingerprint density at radius 2 is 1.39 bits per heavy atom. The zero-order chi connectivity index (χ0) is 23.6. The molecular formula is C18H26N4O8S. The molecule has 1 aromatic carbocycles. The van der Waals surface area contributed by atoms with Crippen LogP contribution in [0.15, 0.2) is 24.3 Å². The number of nitrogens with one attached hydrogen (secondary N) is 3. The van der Waals surface area contributed by atoms with E-state index in [0.29, 0.717) is 5.56 Å². The van der Waals surface area contributed by atoms with Gasteiger partial charge in [-0.1, -0.05) is 12.1 Å². The molecule has 3 amide bonds. The average Bonchev–Trinajstić information content (AvgIpc) is 2.75. The van der Waals surface area contributed by atoms with Crippen molar-refractivity contribution in [2.45, 2.75) is 30.6 Å². The fourth-order valence-corrected chi connectivity index (χ4v) is 2.61. The third kappa shape index (κ3) is 8.41. The number of aliphatic hydroxyl groups excluding tert-OH is 2. The molecule has 0 spiro atoms. The van der Waals surface area contributed by atoms with Crippen molar-refractivity contribution < 1.29 is 39.6 Å². The maximum Gasteiger partial charge on any atom is 0.327 e. The normalized spacial score (nSPS) is 14.6. The third-order valence-corrected chi connectivity index (χ3v) is 4.52. The maximum atomic E-state index is 12.6. The van der Waals surface area contributed by atoms with E-state index >= 15 is 0 Å². The Hall–Kier alpha value is -2.87. The molecular weight excluding hydrogens is 432 g/mol. The molecule has 0 fully saturated rings. The second kappa shape index (κ2) is 12.7. The van der Waals surface area contributed by atoms with Gasteiger partial charge in [-0.25, -0.2) is 4.79 Å². The topological polar surface area (TPSA) is 211 Å². The number of carboxylic acid groups (broad SMARTS) is 1. The summed E-state index contributed by atoms with van der Waals surface area (Å²) < 4.78 is 0. The molecule has 172 valence electrons. The van der Waals surface area contributed by atoms with Gasteiger partial charge >= 0.3 is 5.97 Å². The molecule has 0 bridgehead atoms. The molecule has 13 heteroatoms. The Morgan fingerprint density at radius 3 is 1.87 bits per heavy atom. The summed E-state index contributed by atoms with van der Waals surface area (Å²) in [6.07, 6.45) is -0.0843. The number of carbonyl (C=O) groups is 4. The van der Waals surface area contributed by atoms with Crippen LogP contribution in [-0.4, -0.2) is 87.3 Å². The Bertz CT molecular complexity index is 776. The van der Waals surface area contributed by atoms with Gasteiger partial charge in [0.2, 0.25) is 17.7 Å². The summed E-state index contributed by atoms with van der Waals surface area (Å²) in [6.45, 7) is -1.50. The Kier molecular flexibility index (Phi) is 10.8. The number of aliphatic carboxylic acids is 1. The molecule has 0 heterocycles. The van der Waals surface area contributed by atoms with Crippen molar-refractivity contribution in [2.24, 2.45) is 5.73 Å². The number of thiol groups is 1. The Balaban J connectivity index is 3.01. The molecule has 0 unspecified atom stereocenters. The lowest BCUT2D eigenvalue weighted by Crippen LogP contribution is -2.59. The lowest BCUT2D eigenvalue weighted by atomic mass is 10.0. The van der Waals surface area contributed by atoms with Gasteiger partial charge in [-0.05, 0) is 17.7 Å². The van der Waals surface area contributed by atoms with Gasteiger partial charge in [0.25, 0.3) is 0 Å². The zero-order valence-electron chi connectivity index (χ0n) is 16.4. The number of phenols is 1. The zero-order valence-corrected chi connectivity index (χ0v) is 17.3. The smallest absolute Gasteiger partial charge is 0.327 e. The van der Waals surface area contributed by atoms with Gasteiger partial charge in [0.05, 0.1) is 13.2 Å². The third-order valence-electron chi connectivity index (χ3n) is 4.16. The van der Waals surface area contributed by atoms with Crippen LogP contribution >= 0.6 is 12.6 Å². The molecule has 1 rings (SSSR count). The minimum absolute atomic E-state index is 0.0157. The van der Waals surface area contributed by atoms with Gasteiger partial charge in [-0.2, -0.15) is 12.6 Å². The van der Waals surface area contributed by atoms with Gasteiger partial charge in [-0.3, -0.25) is 14.4 Å². The molecule has 9 N–H and O–H groups in total. The van der Waals surface area contributed by atoms with Gasteiger partial charge in [0, 0.05) is 12.2 Å². The number of phenolic OH excluding ortho intramolecular Hbond substituents is 1. The Morgan fingerprint density at radius 1 is 0.871 bits per heavy atom. The highest BCUT2D eigenvalue weighted by atomic mass is 32.1. The van der Waals surface area contributed by atoms with E-state index < -0.39 is 61.1 Å². The van der Waals surface area contributed by atoms with Crippen molar-refractivity contribution in [3.8, 4) is 5.75 Å². The summed E-state index contributed by atoms with van der Waals surface area (Å²) in [4.78, 5) is 48.1. The quantitative estimate of drug-likeness (QED) is 0.143. The predicted octanol–water partition coefficient (Wildman–Crippen LogP) is -3.28. The molecule has 0 radical (unpaired) electrons. The van der Waals surface area contributed by atoms with E-state index in [0.717, 1.165) is 0 Å². The number of nitrogens with two attached hydrogens (primary N) is 1. The highest BCUT2D eigenvalue weighted by Gasteiger charge is 2.29. The lowest BCUT2D eigenvalue weighted by molar-refractivity contribution is -0.141. The fourth-order valence-electron chi connectivity index (χ4n) is 2.36. The number of hydrogen-bond acceptors (Lipinski definition) is 9. The summed E-state index contributed by atoms with van der Waals surface area (Å²) in [5.74, 6) is -4.20. The number of rotatable bonds is 12. The van der Waals surface area contributed by atoms with E-state index in [2.05, 4.69) is 28.6 Å². The van der Waals surface area contributed by atoms with Crippen LogP contribution in [0.25, 0.3) is 0 Å². The number of hydrogen-bond donors (Lipinski definition) is 9. The van der Waals surface area contributed by atoms with Crippen LogP contribution in [0.2, 0.25) is 0 Å². The summed E-state index contributed by atoms with van der Waals surface area (Å²) in [5, 5.41) is 43.6. The van der Waals surface area contributed by atoms with Crippen LogP contribution in [0.5, 0.6) is 5.75 Å². The van der Waals surface area contributed by atoms with Gasteiger partial charge in [-0.15, -0.1) is 0 Å². The number of benzene rings is 1. The summed E-state index contributed by atoms with van der Waals surface area (Å²) >= 11 is 3.87. The summed E-state index contributed by atoms with van der Waals surface area (Å²) in [7, 11) is 0. The molecule has 1 aromatic rings. The molecule has 12 nitrogen and oxygen atoms in total. The fraction of sp³-hybridized carbons (Fsp3) is 0.444. The van der Waals surface area contributed by atoms with Crippen molar-refractivity contribution in [1.29, 1.82) is 0 Å². The van der Waals surface area contributed by atoms with E-state index in [4.69, 9.17) is 15.9 Å². The minimum Gasteiger partial charge on any atom is -0.508 e. The van der Waals surface area contributed by atoms with Crippen molar-refractivity contribution in [1.82, 2.24) is 16.0 Å². The molecule has 31 heavy (non-hydrogen) atoms. The van der Waals surface area contributed by atoms with Crippen molar-refractivity contribution in [3.63, 3.8) is 0 Å². The average molecular weight is 458 g/mol. The van der Waals surface area contributed by atoms with E-state index in [1.807, 2.05) is 0 Å². The van der Waals surface area contributed by atoms with Crippen LogP contribution in [0.4, 0.5) is 0 Å². The van der Waals surface area contributed by atoms with E-state index in [9.17, 15) is 29.4 Å². The lowest BCUT2D eigenvalue weighted by Gasteiger charge is -2.24. The molecule has 0 saturated carbocycles. The molecule has 0 aliphatic heterocycles.